The summed E-state index contributed by atoms with van der Waals surface area (Å²) >= 11 is 3.33. The maximum Gasteiger partial charge on any atom is 0.273 e. The van der Waals surface area contributed by atoms with Crippen molar-refractivity contribution in [3.63, 3.8) is 0 Å². The SMILES string of the molecule is COc1cc(C(=O)NNC(=O)c2cc(C)oc2C)cc(OC)c1Br. The smallest absolute Gasteiger partial charge is 0.273 e. The zero-order valence-corrected chi connectivity index (χ0v) is 15.2. The topological polar surface area (TPSA) is 89.8 Å². The van der Waals surface area contributed by atoms with Gasteiger partial charge in [0, 0.05) is 5.56 Å². The first-order valence-corrected chi connectivity index (χ1v) is 7.76. The average Bonchev–Trinajstić information content (AvgIpc) is 2.91. The first-order valence-electron chi connectivity index (χ1n) is 6.96. The Morgan fingerprint density at radius 1 is 1.00 bits per heavy atom. The third kappa shape index (κ3) is 3.70. The molecule has 2 rings (SSSR count). The molecule has 2 N–H and O–H groups in total. The number of benzene rings is 1. The van der Waals surface area contributed by atoms with Gasteiger partial charge in [-0.15, -0.1) is 0 Å². The Kier molecular flexibility index (Phi) is 5.50. The van der Waals surface area contributed by atoms with Crippen molar-refractivity contribution >= 4 is 27.7 Å². The summed E-state index contributed by atoms with van der Waals surface area (Å²) in [6, 6.07) is 4.66. The van der Waals surface area contributed by atoms with E-state index in [2.05, 4.69) is 26.8 Å². The van der Waals surface area contributed by atoms with E-state index in [4.69, 9.17) is 13.9 Å². The van der Waals surface area contributed by atoms with E-state index < -0.39 is 11.8 Å². The number of hydrogen-bond acceptors (Lipinski definition) is 5. The van der Waals surface area contributed by atoms with Gasteiger partial charge in [-0.25, -0.2) is 0 Å². The van der Waals surface area contributed by atoms with E-state index in [1.165, 1.54) is 26.4 Å². The summed E-state index contributed by atoms with van der Waals surface area (Å²) < 4.78 is 16.3. The predicted molar refractivity (Wildman–Crippen MR) is 90.4 cm³/mol. The van der Waals surface area contributed by atoms with Crippen molar-refractivity contribution < 1.29 is 23.5 Å². The van der Waals surface area contributed by atoms with Crippen molar-refractivity contribution in [2.75, 3.05) is 14.2 Å². The van der Waals surface area contributed by atoms with E-state index in [1.54, 1.807) is 19.9 Å². The molecule has 0 saturated carbocycles. The summed E-state index contributed by atoms with van der Waals surface area (Å²) in [6.07, 6.45) is 0. The highest BCUT2D eigenvalue weighted by Gasteiger charge is 2.17. The molecule has 24 heavy (non-hydrogen) atoms. The van der Waals surface area contributed by atoms with Gasteiger partial charge in [0.1, 0.15) is 27.5 Å². The Bertz CT molecular complexity index is 760. The number of hydrazine groups is 1. The van der Waals surface area contributed by atoms with Gasteiger partial charge in [0.2, 0.25) is 0 Å². The maximum absolute atomic E-state index is 12.2. The second-order valence-electron chi connectivity index (χ2n) is 4.93. The van der Waals surface area contributed by atoms with Crippen LogP contribution in [0.4, 0.5) is 0 Å². The van der Waals surface area contributed by atoms with Crippen LogP contribution in [-0.4, -0.2) is 26.0 Å². The highest BCUT2D eigenvalue weighted by molar-refractivity contribution is 9.10. The standard InChI is InChI=1S/C16H17BrN2O5/c1-8-5-11(9(2)24-8)16(21)19-18-15(20)10-6-12(22-3)14(17)13(7-10)23-4/h5-7H,1-4H3,(H,18,20)(H,19,21). The number of carbonyl (C=O) groups excluding carboxylic acids is 2. The molecule has 2 amide bonds. The Labute approximate surface area is 147 Å². The summed E-state index contributed by atoms with van der Waals surface area (Å²) in [6.45, 7) is 3.41. The van der Waals surface area contributed by atoms with Crippen molar-refractivity contribution in [3.05, 3.63) is 45.3 Å². The molecule has 0 saturated heterocycles. The minimum Gasteiger partial charge on any atom is -0.495 e. The molecule has 7 nitrogen and oxygen atoms in total. The highest BCUT2D eigenvalue weighted by Crippen LogP contribution is 2.35. The molecule has 0 aliphatic carbocycles. The van der Waals surface area contributed by atoms with Crippen molar-refractivity contribution in [2.45, 2.75) is 13.8 Å². The van der Waals surface area contributed by atoms with Crippen LogP contribution in [0.1, 0.15) is 32.2 Å². The third-order valence-electron chi connectivity index (χ3n) is 3.28. The van der Waals surface area contributed by atoms with Crippen molar-refractivity contribution in [1.29, 1.82) is 0 Å². The lowest BCUT2D eigenvalue weighted by Gasteiger charge is -2.12. The Hall–Kier alpha value is -2.48. The van der Waals surface area contributed by atoms with Crippen LogP contribution in [0.3, 0.4) is 0 Å². The Morgan fingerprint density at radius 2 is 1.54 bits per heavy atom. The van der Waals surface area contributed by atoms with Gasteiger partial charge < -0.3 is 13.9 Å². The van der Waals surface area contributed by atoms with Gasteiger partial charge in [0.15, 0.2) is 0 Å². The van der Waals surface area contributed by atoms with Gasteiger partial charge in [0.25, 0.3) is 11.8 Å². The Balaban J connectivity index is 2.12. The molecule has 1 heterocycles. The van der Waals surface area contributed by atoms with E-state index >= 15 is 0 Å². The molecule has 0 aliphatic rings. The molecule has 0 radical (unpaired) electrons. The first-order chi connectivity index (χ1) is 11.4. The quantitative estimate of drug-likeness (QED) is 0.775. The summed E-state index contributed by atoms with van der Waals surface area (Å²) in [4.78, 5) is 24.3. The van der Waals surface area contributed by atoms with E-state index in [0.717, 1.165) is 0 Å². The molecule has 8 heteroatoms. The normalized spacial score (nSPS) is 10.2. The lowest BCUT2D eigenvalue weighted by atomic mass is 10.2. The van der Waals surface area contributed by atoms with Crippen LogP contribution in [0.25, 0.3) is 0 Å². The molecule has 0 fully saturated rings. The van der Waals surface area contributed by atoms with Crippen LogP contribution in [0, 0.1) is 13.8 Å². The number of carbonyl (C=O) groups is 2. The molecule has 0 spiro atoms. The molecule has 128 valence electrons. The summed E-state index contributed by atoms with van der Waals surface area (Å²) in [5.41, 5.74) is 5.33. The lowest BCUT2D eigenvalue weighted by molar-refractivity contribution is 0.0845. The van der Waals surface area contributed by atoms with Gasteiger partial charge in [-0.05, 0) is 48.0 Å². The van der Waals surface area contributed by atoms with E-state index in [-0.39, 0.29) is 5.56 Å². The second-order valence-corrected chi connectivity index (χ2v) is 5.72. The highest BCUT2D eigenvalue weighted by atomic mass is 79.9. The van der Waals surface area contributed by atoms with Crippen molar-refractivity contribution in [1.82, 2.24) is 10.9 Å². The molecule has 1 aromatic heterocycles. The minimum absolute atomic E-state index is 0.271. The minimum atomic E-state index is -0.509. The van der Waals surface area contributed by atoms with Gasteiger partial charge in [0.05, 0.1) is 19.8 Å². The molecular formula is C16H17BrN2O5. The van der Waals surface area contributed by atoms with E-state index in [1.807, 2.05) is 0 Å². The maximum atomic E-state index is 12.2. The molecule has 0 aliphatic heterocycles. The fraction of sp³-hybridized carbons (Fsp3) is 0.250. The average molecular weight is 397 g/mol. The molecular weight excluding hydrogens is 380 g/mol. The van der Waals surface area contributed by atoms with Gasteiger partial charge in [-0.3, -0.25) is 20.4 Å². The predicted octanol–water partition coefficient (Wildman–Crippen LogP) is 2.75. The number of furan rings is 1. The third-order valence-corrected chi connectivity index (χ3v) is 4.06. The van der Waals surface area contributed by atoms with Crippen molar-refractivity contribution in [3.8, 4) is 11.5 Å². The van der Waals surface area contributed by atoms with Crippen LogP contribution >= 0.6 is 15.9 Å². The molecule has 0 atom stereocenters. The summed E-state index contributed by atoms with van der Waals surface area (Å²) in [7, 11) is 2.96. The van der Waals surface area contributed by atoms with E-state index in [9.17, 15) is 9.59 Å². The van der Waals surface area contributed by atoms with Gasteiger partial charge in [-0.2, -0.15) is 0 Å². The number of halogens is 1. The van der Waals surface area contributed by atoms with E-state index in [0.29, 0.717) is 33.1 Å². The largest absolute Gasteiger partial charge is 0.495 e. The van der Waals surface area contributed by atoms with Crippen molar-refractivity contribution in [2.24, 2.45) is 0 Å². The molecule has 1 aromatic carbocycles. The molecule has 0 bridgehead atoms. The summed E-state index contributed by atoms with van der Waals surface area (Å²) in [5, 5.41) is 0. The van der Waals surface area contributed by atoms with Crippen LogP contribution in [0.15, 0.2) is 27.1 Å². The van der Waals surface area contributed by atoms with Crippen LogP contribution in [-0.2, 0) is 0 Å². The monoisotopic (exact) mass is 396 g/mol. The van der Waals surface area contributed by atoms with Crippen LogP contribution in [0.5, 0.6) is 11.5 Å². The zero-order valence-electron chi connectivity index (χ0n) is 13.7. The van der Waals surface area contributed by atoms with Gasteiger partial charge >= 0.3 is 0 Å². The fourth-order valence-electron chi connectivity index (χ4n) is 2.11. The van der Waals surface area contributed by atoms with Gasteiger partial charge in [-0.1, -0.05) is 0 Å². The number of aryl methyl sites for hydroxylation is 2. The number of rotatable bonds is 4. The lowest BCUT2D eigenvalue weighted by Crippen LogP contribution is -2.41. The molecule has 2 aromatic rings. The fourth-order valence-corrected chi connectivity index (χ4v) is 2.66. The number of methoxy groups -OCH3 is 2. The number of ether oxygens (including phenoxy) is 2. The number of amides is 2. The number of nitrogens with one attached hydrogen (secondary N) is 2. The second kappa shape index (κ2) is 7.39. The first kappa shape index (κ1) is 17.9. The Morgan fingerprint density at radius 3 is 2.00 bits per heavy atom. The van der Waals surface area contributed by atoms with Crippen LogP contribution < -0.4 is 20.3 Å². The zero-order chi connectivity index (χ0) is 17.9. The van der Waals surface area contributed by atoms with Crippen LogP contribution in [0.2, 0.25) is 0 Å². The summed E-state index contributed by atoms with van der Waals surface area (Å²) in [5.74, 6) is 0.996. The molecule has 0 unspecified atom stereocenters. The number of hydrogen-bond donors (Lipinski definition) is 2.